The molecule has 0 aromatic carbocycles. The Morgan fingerprint density at radius 1 is 1.63 bits per heavy atom. The van der Waals surface area contributed by atoms with Crippen molar-refractivity contribution in [1.29, 1.82) is 0 Å². The van der Waals surface area contributed by atoms with Gasteiger partial charge in [-0.1, -0.05) is 5.16 Å². The summed E-state index contributed by atoms with van der Waals surface area (Å²) in [4.78, 5) is 17.5. The number of carbonyl (C=O) groups excluding carboxylic acids is 1. The Labute approximate surface area is 112 Å². The summed E-state index contributed by atoms with van der Waals surface area (Å²) in [5.74, 6) is 1.09. The van der Waals surface area contributed by atoms with Gasteiger partial charge in [0.2, 0.25) is 11.8 Å². The summed E-state index contributed by atoms with van der Waals surface area (Å²) in [6.07, 6.45) is 0.947. The maximum atomic E-state index is 11.0. The van der Waals surface area contributed by atoms with Crippen molar-refractivity contribution in [1.82, 2.24) is 20.4 Å². The van der Waals surface area contributed by atoms with Crippen LogP contribution in [0.5, 0.6) is 0 Å². The molecule has 1 unspecified atom stereocenters. The lowest BCUT2D eigenvalue weighted by molar-refractivity contribution is -0.119. The van der Waals surface area contributed by atoms with Crippen molar-refractivity contribution in [2.45, 2.75) is 45.3 Å². The van der Waals surface area contributed by atoms with Gasteiger partial charge in [0.05, 0.1) is 12.1 Å². The molecule has 1 aliphatic heterocycles. The number of hydrogen-bond donors (Lipinski definition) is 2. The van der Waals surface area contributed by atoms with Gasteiger partial charge in [0.15, 0.2) is 5.82 Å². The molecule has 7 heteroatoms. The predicted octanol–water partition coefficient (Wildman–Crippen LogP) is -0.0262. The van der Waals surface area contributed by atoms with Crippen LogP contribution in [0.25, 0.3) is 0 Å². The predicted molar refractivity (Wildman–Crippen MR) is 69.0 cm³/mol. The fraction of sp³-hybridized carbons (Fsp3) is 0.750. The van der Waals surface area contributed by atoms with Gasteiger partial charge in [0, 0.05) is 26.1 Å². The molecule has 2 heterocycles. The zero-order valence-electron chi connectivity index (χ0n) is 11.6. The Bertz CT molecular complexity index is 451. The molecule has 19 heavy (non-hydrogen) atoms. The lowest BCUT2D eigenvalue weighted by Gasteiger charge is -2.14. The van der Waals surface area contributed by atoms with Gasteiger partial charge in [0.1, 0.15) is 0 Å². The number of nitrogens with zero attached hydrogens (tertiary/aromatic N) is 3. The smallest absolute Gasteiger partial charge is 0.240 e. The first-order valence-electron chi connectivity index (χ1n) is 6.46. The first-order chi connectivity index (χ1) is 8.84. The molecule has 1 atom stereocenters. The van der Waals surface area contributed by atoms with E-state index in [0.717, 1.165) is 19.5 Å². The SMILES string of the molecule is CC(=O)NC1CCN(Cc2nc(C(C)(C)N)no2)C1. The molecule has 1 aromatic rings. The van der Waals surface area contributed by atoms with E-state index in [2.05, 4.69) is 20.4 Å². The van der Waals surface area contributed by atoms with Crippen LogP contribution in [-0.4, -0.2) is 40.1 Å². The number of amides is 1. The molecule has 1 amide bonds. The van der Waals surface area contributed by atoms with Crippen LogP contribution in [0.3, 0.4) is 0 Å². The van der Waals surface area contributed by atoms with Gasteiger partial charge in [-0.2, -0.15) is 4.98 Å². The number of nitrogens with two attached hydrogens (primary N) is 1. The molecule has 0 radical (unpaired) electrons. The Morgan fingerprint density at radius 2 is 2.37 bits per heavy atom. The Hall–Kier alpha value is -1.47. The molecule has 1 saturated heterocycles. The highest BCUT2D eigenvalue weighted by molar-refractivity contribution is 5.73. The second kappa shape index (κ2) is 5.26. The van der Waals surface area contributed by atoms with Crippen molar-refractivity contribution in [2.24, 2.45) is 5.73 Å². The lowest BCUT2D eigenvalue weighted by Crippen LogP contribution is -2.35. The molecule has 3 N–H and O–H groups in total. The standard InChI is InChI=1S/C12H21N5O2/c1-8(18)14-9-4-5-17(6-9)7-10-15-11(16-19-10)12(2,3)13/h9H,4-7,13H2,1-3H3,(H,14,18). The molecule has 2 rings (SSSR count). The van der Waals surface area contributed by atoms with E-state index in [1.165, 1.54) is 6.92 Å². The second-order valence-electron chi connectivity index (χ2n) is 5.65. The maximum Gasteiger partial charge on any atom is 0.240 e. The van der Waals surface area contributed by atoms with Crippen LogP contribution >= 0.6 is 0 Å². The van der Waals surface area contributed by atoms with E-state index in [1.54, 1.807) is 0 Å². The molecule has 0 bridgehead atoms. The molecule has 0 aliphatic carbocycles. The second-order valence-corrected chi connectivity index (χ2v) is 5.65. The van der Waals surface area contributed by atoms with Gasteiger partial charge in [-0.05, 0) is 20.3 Å². The monoisotopic (exact) mass is 267 g/mol. The minimum Gasteiger partial charge on any atom is -0.352 e. The van der Waals surface area contributed by atoms with Crippen LogP contribution in [0.2, 0.25) is 0 Å². The highest BCUT2D eigenvalue weighted by Gasteiger charge is 2.26. The summed E-state index contributed by atoms with van der Waals surface area (Å²) in [6, 6.07) is 0.214. The molecule has 0 saturated carbocycles. The first kappa shape index (κ1) is 14.0. The Morgan fingerprint density at radius 3 is 2.95 bits per heavy atom. The van der Waals surface area contributed by atoms with Crippen LogP contribution in [0.1, 0.15) is 38.9 Å². The minimum absolute atomic E-state index is 0.0109. The summed E-state index contributed by atoms with van der Waals surface area (Å²) >= 11 is 0. The van der Waals surface area contributed by atoms with Crippen molar-refractivity contribution in [3.8, 4) is 0 Å². The third kappa shape index (κ3) is 3.74. The average molecular weight is 267 g/mol. The van der Waals surface area contributed by atoms with E-state index >= 15 is 0 Å². The summed E-state index contributed by atoms with van der Waals surface area (Å²) in [7, 11) is 0. The number of hydrogen-bond acceptors (Lipinski definition) is 6. The molecular formula is C12H21N5O2. The van der Waals surface area contributed by atoms with Gasteiger partial charge in [-0.3, -0.25) is 9.69 Å². The lowest BCUT2D eigenvalue weighted by atomic mass is 10.1. The number of carbonyl (C=O) groups is 1. The summed E-state index contributed by atoms with van der Waals surface area (Å²) in [5.41, 5.74) is 5.32. The van der Waals surface area contributed by atoms with Crippen molar-refractivity contribution in [2.75, 3.05) is 13.1 Å². The number of nitrogens with one attached hydrogen (secondary N) is 1. The molecule has 0 spiro atoms. The molecule has 1 fully saturated rings. The largest absolute Gasteiger partial charge is 0.352 e. The Balaban J connectivity index is 1.89. The highest BCUT2D eigenvalue weighted by atomic mass is 16.5. The first-order valence-corrected chi connectivity index (χ1v) is 6.46. The van der Waals surface area contributed by atoms with Crippen molar-refractivity contribution in [3.63, 3.8) is 0 Å². The van der Waals surface area contributed by atoms with Gasteiger partial charge >= 0.3 is 0 Å². The zero-order valence-corrected chi connectivity index (χ0v) is 11.6. The van der Waals surface area contributed by atoms with Crippen molar-refractivity contribution in [3.05, 3.63) is 11.7 Å². The zero-order chi connectivity index (χ0) is 14.0. The van der Waals surface area contributed by atoms with E-state index < -0.39 is 5.54 Å². The van der Waals surface area contributed by atoms with E-state index in [4.69, 9.17) is 10.3 Å². The van der Waals surface area contributed by atoms with Crippen LogP contribution in [0, 0.1) is 0 Å². The van der Waals surface area contributed by atoms with Gasteiger partial charge in [-0.25, -0.2) is 0 Å². The van der Waals surface area contributed by atoms with E-state index in [-0.39, 0.29) is 11.9 Å². The number of likely N-dealkylation sites (tertiary alicyclic amines) is 1. The highest BCUT2D eigenvalue weighted by Crippen LogP contribution is 2.16. The van der Waals surface area contributed by atoms with E-state index in [9.17, 15) is 4.79 Å². The minimum atomic E-state index is -0.592. The fourth-order valence-electron chi connectivity index (χ4n) is 2.15. The quantitative estimate of drug-likeness (QED) is 0.795. The molecule has 1 aromatic heterocycles. The molecule has 106 valence electrons. The maximum absolute atomic E-state index is 11.0. The van der Waals surface area contributed by atoms with Crippen LogP contribution < -0.4 is 11.1 Å². The number of aromatic nitrogens is 2. The van der Waals surface area contributed by atoms with Crippen molar-refractivity contribution >= 4 is 5.91 Å². The van der Waals surface area contributed by atoms with E-state index in [1.807, 2.05) is 13.8 Å². The van der Waals surface area contributed by atoms with Crippen LogP contribution in [-0.2, 0) is 16.9 Å². The van der Waals surface area contributed by atoms with Crippen molar-refractivity contribution < 1.29 is 9.32 Å². The van der Waals surface area contributed by atoms with Gasteiger partial charge in [0.25, 0.3) is 0 Å². The third-order valence-corrected chi connectivity index (χ3v) is 3.08. The Kier molecular flexibility index (Phi) is 3.86. The molecule has 1 aliphatic rings. The average Bonchev–Trinajstić information content (AvgIpc) is 2.86. The normalized spacial score (nSPS) is 20.7. The third-order valence-electron chi connectivity index (χ3n) is 3.08. The van der Waals surface area contributed by atoms with Gasteiger partial charge < -0.3 is 15.6 Å². The number of rotatable bonds is 4. The molecular weight excluding hydrogens is 246 g/mol. The van der Waals surface area contributed by atoms with Gasteiger partial charge in [-0.15, -0.1) is 0 Å². The van der Waals surface area contributed by atoms with Crippen LogP contribution in [0.15, 0.2) is 4.52 Å². The fourth-order valence-corrected chi connectivity index (χ4v) is 2.15. The molecule has 7 nitrogen and oxygen atoms in total. The summed E-state index contributed by atoms with van der Waals surface area (Å²) < 4.78 is 5.20. The summed E-state index contributed by atoms with van der Waals surface area (Å²) in [6.45, 7) is 7.53. The van der Waals surface area contributed by atoms with E-state index in [0.29, 0.717) is 18.3 Å². The topological polar surface area (TPSA) is 97.3 Å². The van der Waals surface area contributed by atoms with Crippen LogP contribution in [0.4, 0.5) is 0 Å². The summed E-state index contributed by atoms with van der Waals surface area (Å²) in [5, 5.41) is 6.81.